The highest BCUT2D eigenvalue weighted by atomic mass is 16.5. The smallest absolute Gasteiger partial charge is 0.224 e. The predicted molar refractivity (Wildman–Crippen MR) is 116 cm³/mol. The molecular formula is C25H22N2O3. The van der Waals surface area contributed by atoms with Gasteiger partial charge in [0.2, 0.25) is 5.91 Å². The number of aromatic nitrogens is 1. The lowest BCUT2D eigenvalue weighted by Gasteiger charge is -2.05. The van der Waals surface area contributed by atoms with E-state index in [-0.39, 0.29) is 5.91 Å². The Labute approximate surface area is 175 Å². The van der Waals surface area contributed by atoms with E-state index in [2.05, 4.69) is 22.6 Å². The monoisotopic (exact) mass is 398 g/mol. The number of hydrogen-bond acceptors (Lipinski definition) is 4. The van der Waals surface area contributed by atoms with Crippen LogP contribution in [-0.4, -0.2) is 18.2 Å². The normalized spacial score (nSPS) is 10.6. The Morgan fingerprint density at radius 3 is 2.40 bits per heavy atom. The molecule has 1 aromatic heterocycles. The van der Waals surface area contributed by atoms with Gasteiger partial charge in [0.05, 0.1) is 20.1 Å². The molecule has 0 aliphatic carbocycles. The third-order valence-electron chi connectivity index (χ3n) is 4.81. The fraction of sp³-hybridized carbons (Fsp3) is 0.120. The van der Waals surface area contributed by atoms with Crippen LogP contribution in [0.2, 0.25) is 0 Å². The molecule has 0 saturated heterocycles. The van der Waals surface area contributed by atoms with Gasteiger partial charge in [-0.1, -0.05) is 71.9 Å². The van der Waals surface area contributed by atoms with Crippen LogP contribution in [0.3, 0.4) is 0 Å². The minimum absolute atomic E-state index is 0.0617. The molecule has 0 spiro atoms. The second kappa shape index (κ2) is 9.09. The minimum atomic E-state index is -0.0617. The predicted octanol–water partition coefficient (Wildman–Crippen LogP) is 4.88. The molecule has 30 heavy (non-hydrogen) atoms. The van der Waals surface area contributed by atoms with Crippen molar-refractivity contribution >= 4 is 5.91 Å². The highest BCUT2D eigenvalue weighted by Gasteiger charge is 2.10. The molecule has 1 heterocycles. The molecule has 0 radical (unpaired) electrons. The maximum atomic E-state index is 12.3. The summed E-state index contributed by atoms with van der Waals surface area (Å²) in [6.45, 7) is 0.314. The summed E-state index contributed by atoms with van der Waals surface area (Å²) in [5.74, 6) is 1.32. The van der Waals surface area contributed by atoms with Gasteiger partial charge < -0.3 is 14.6 Å². The fourth-order valence-corrected chi connectivity index (χ4v) is 3.19. The van der Waals surface area contributed by atoms with Crippen LogP contribution < -0.4 is 10.1 Å². The molecular weight excluding hydrogens is 376 g/mol. The van der Waals surface area contributed by atoms with Gasteiger partial charge in [0.1, 0.15) is 11.4 Å². The molecule has 1 N–H and O–H groups in total. The van der Waals surface area contributed by atoms with E-state index in [1.807, 2.05) is 72.8 Å². The molecule has 5 nitrogen and oxygen atoms in total. The average Bonchev–Trinajstić information content (AvgIpc) is 3.28. The van der Waals surface area contributed by atoms with Gasteiger partial charge >= 0.3 is 0 Å². The Morgan fingerprint density at radius 1 is 0.900 bits per heavy atom. The number of methoxy groups -OCH3 is 1. The second-order valence-corrected chi connectivity index (χ2v) is 6.93. The molecule has 3 aromatic carbocycles. The van der Waals surface area contributed by atoms with E-state index in [9.17, 15) is 4.79 Å². The van der Waals surface area contributed by atoms with E-state index < -0.39 is 0 Å². The van der Waals surface area contributed by atoms with Crippen molar-refractivity contribution in [2.24, 2.45) is 0 Å². The third kappa shape index (κ3) is 4.75. The maximum absolute atomic E-state index is 12.3. The quantitative estimate of drug-likeness (QED) is 0.482. The van der Waals surface area contributed by atoms with Crippen molar-refractivity contribution in [3.05, 3.63) is 96.2 Å². The summed E-state index contributed by atoms with van der Waals surface area (Å²) in [7, 11) is 1.62. The Balaban J connectivity index is 1.32. The number of nitrogens with zero attached hydrogens (tertiary/aromatic N) is 1. The molecule has 0 bridgehead atoms. The highest BCUT2D eigenvalue weighted by Crippen LogP contribution is 2.24. The molecule has 4 rings (SSSR count). The van der Waals surface area contributed by atoms with Crippen LogP contribution in [0, 0.1) is 0 Å². The number of carbonyl (C=O) groups excluding carboxylic acids is 1. The summed E-state index contributed by atoms with van der Waals surface area (Å²) >= 11 is 0. The van der Waals surface area contributed by atoms with Gasteiger partial charge in [-0.15, -0.1) is 0 Å². The first-order valence-corrected chi connectivity index (χ1v) is 9.72. The fourth-order valence-electron chi connectivity index (χ4n) is 3.19. The van der Waals surface area contributed by atoms with Crippen molar-refractivity contribution in [3.8, 4) is 28.2 Å². The first kappa shape index (κ1) is 19.5. The van der Waals surface area contributed by atoms with Crippen molar-refractivity contribution < 1.29 is 14.1 Å². The van der Waals surface area contributed by atoms with Gasteiger partial charge in [-0.2, -0.15) is 0 Å². The average molecular weight is 398 g/mol. The van der Waals surface area contributed by atoms with E-state index >= 15 is 0 Å². The largest absolute Gasteiger partial charge is 0.497 e. The number of nitrogens with one attached hydrogen (secondary N) is 1. The minimum Gasteiger partial charge on any atom is -0.497 e. The van der Waals surface area contributed by atoms with E-state index in [1.54, 1.807) is 7.11 Å². The summed E-state index contributed by atoms with van der Waals surface area (Å²) in [5, 5.41) is 6.94. The Hall–Kier alpha value is -3.86. The zero-order valence-corrected chi connectivity index (χ0v) is 16.7. The molecule has 4 aromatic rings. The van der Waals surface area contributed by atoms with Crippen LogP contribution in [0.25, 0.3) is 22.5 Å². The number of hydrogen-bond donors (Lipinski definition) is 1. The molecule has 1 amide bonds. The first-order chi connectivity index (χ1) is 14.7. The number of rotatable bonds is 7. The Bertz CT molecular complexity index is 1120. The SMILES string of the molecule is COc1cccc(-c2cc(CNC(=O)Cc3ccc(-c4ccccc4)cc3)no2)c1. The highest BCUT2D eigenvalue weighted by molar-refractivity contribution is 5.78. The maximum Gasteiger partial charge on any atom is 0.224 e. The number of benzene rings is 3. The lowest BCUT2D eigenvalue weighted by atomic mass is 10.0. The summed E-state index contributed by atoms with van der Waals surface area (Å²) in [4.78, 5) is 12.3. The topological polar surface area (TPSA) is 64.4 Å². The van der Waals surface area contributed by atoms with Crippen molar-refractivity contribution in [2.45, 2.75) is 13.0 Å². The summed E-state index contributed by atoms with van der Waals surface area (Å²) in [6.07, 6.45) is 0.315. The van der Waals surface area contributed by atoms with Crippen molar-refractivity contribution in [2.75, 3.05) is 7.11 Å². The van der Waals surface area contributed by atoms with Crippen molar-refractivity contribution in [1.82, 2.24) is 10.5 Å². The Kier molecular flexibility index (Phi) is 5.90. The lowest BCUT2D eigenvalue weighted by molar-refractivity contribution is -0.120. The van der Waals surface area contributed by atoms with Gasteiger partial charge in [-0.25, -0.2) is 0 Å². The summed E-state index contributed by atoms with van der Waals surface area (Å²) in [6, 6.07) is 27.6. The molecule has 5 heteroatoms. The molecule has 150 valence electrons. The molecule has 0 aliphatic rings. The number of ether oxygens (including phenoxy) is 1. The van der Waals surface area contributed by atoms with Crippen LogP contribution in [0.1, 0.15) is 11.3 Å². The van der Waals surface area contributed by atoms with E-state index in [4.69, 9.17) is 9.26 Å². The van der Waals surface area contributed by atoms with E-state index in [1.165, 1.54) is 0 Å². The zero-order chi connectivity index (χ0) is 20.8. The van der Waals surface area contributed by atoms with Gasteiger partial charge in [-0.05, 0) is 28.8 Å². The van der Waals surface area contributed by atoms with Gasteiger partial charge in [0.25, 0.3) is 0 Å². The van der Waals surface area contributed by atoms with E-state index in [0.29, 0.717) is 24.4 Å². The summed E-state index contributed by atoms with van der Waals surface area (Å²) in [5.41, 5.74) is 4.79. The molecule has 0 unspecified atom stereocenters. The molecule has 0 saturated carbocycles. The van der Waals surface area contributed by atoms with Crippen molar-refractivity contribution in [3.63, 3.8) is 0 Å². The molecule has 0 fully saturated rings. The van der Waals surface area contributed by atoms with Gasteiger partial charge in [0.15, 0.2) is 5.76 Å². The van der Waals surface area contributed by atoms with E-state index in [0.717, 1.165) is 28.0 Å². The van der Waals surface area contributed by atoms with Crippen molar-refractivity contribution in [1.29, 1.82) is 0 Å². The van der Waals surface area contributed by atoms with Crippen LogP contribution in [-0.2, 0) is 17.8 Å². The van der Waals surface area contributed by atoms with Crippen LogP contribution >= 0.6 is 0 Å². The van der Waals surface area contributed by atoms with Crippen LogP contribution in [0.4, 0.5) is 0 Å². The summed E-state index contributed by atoms with van der Waals surface area (Å²) < 4.78 is 10.6. The number of carbonyl (C=O) groups is 1. The Morgan fingerprint density at radius 2 is 1.63 bits per heavy atom. The lowest BCUT2D eigenvalue weighted by Crippen LogP contribution is -2.24. The van der Waals surface area contributed by atoms with Gasteiger partial charge in [0, 0.05) is 11.6 Å². The first-order valence-electron chi connectivity index (χ1n) is 9.72. The zero-order valence-electron chi connectivity index (χ0n) is 16.7. The standard InChI is InChI=1S/C25H22N2O3/c1-29-23-9-5-8-21(15-23)24-16-22(27-30-24)17-26-25(28)14-18-10-12-20(13-11-18)19-6-3-2-4-7-19/h2-13,15-16H,14,17H2,1H3,(H,26,28). The second-order valence-electron chi connectivity index (χ2n) is 6.93. The molecule has 0 aliphatic heterocycles. The van der Waals surface area contributed by atoms with Gasteiger partial charge in [-0.3, -0.25) is 4.79 Å². The molecule has 0 atom stereocenters. The third-order valence-corrected chi connectivity index (χ3v) is 4.81. The van der Waals surface area contributed by atoms with Crippen LogP contribution in [0.5, 0.6) is 5.75 Å². The van der Waals surface area contributed by atoms with Crippen LogP contribution in [0.15, 0.2) is 89.5 Å². The number of amides is 1.